The van der Waals surface area contributed by atoms with Gasteiger partial charge in [-0.2, -0.15) is 0 Å². The lowest BCUT2D eigenvalue weighted by Crippen LogP contribution is -2.58. The SMILES string of the molecule is C[C@@H](NC(=O)C1(N)CCOC1)C(N)=O. The summed E-state index contributed by atoms with van der Waals surface area (Å²) < 4.78 is 5.02. The lowest BCUT2D eigenvalue weighted by Gasteiger charge is -2.22. The van der Waals surface area contributed by atoms with Gasteiger partial charge >= 0.3 is 0 Å². The van der Waals surface area contributed by atoms with Crippen molar-refractivity contribution in [2.24, 2.45) is 11.5 Å². The molecule has 2 amide bonds. The minimum absolute atomic E-state index is 0.185. The summed E-state index contributed by atoms with van der Waals surface area (Å²) in [5.41, 5.74) is 9.75. The number of amides is 2. The van der Waals surface area contributed by atoms with Crippen LogP contribution in [-0.4, -0.2) is 36.6 Å². The van der Waals surface area contributed by atoms with Crippen LogP contribution in [0.15, 0.2) is 0 Å². The Bertz CT molecular complexity index is 248. The number of carbonyl (C=O) groups is 2. The van der Waals surface area contributed by atoms with Crippen LogP contribution in [0.1, 0.15) is 13.3 Å². The fraction of sp³-hybridized carbons (Fsp3) is 0.750. The molecule has 6 heteroatoms. The minimum Gasteiger partial charge on any atom is -0.379 e. The van der Waals surface area contributed by atoms with Gasteiger partial charge in [0.15, 0.2) is 0 Å². The van der Waals surface area contributed by atoms with E-state index in [-0.39, 0.29) is 12.5 Å². The summed E-state index contributed by atoms with van der Waals surface area (Å²) in [5, 5.41) is 2.44. The minimum atomic E-state index is -1.01. The van der Waals surface area contributed by atoms with E-state index in [4.69, 9.17) is 16.2 Å². The molecule has 0 aliphatic carbocycles. The topological polar surface area (TPSA) is 107 Å². The van der Waals surface area contributed by atoms with Crippen molar-refractivity contribution in [2.45, 2.75) is 24.9 Å². The maximum absolute atomic E-state index is 11.6. The first-order valence-electron chi connectivity index (χ1n) is 4.42. The van der Waals surface area contributed by atoms with Gasteiger partial charge in [0.25, 0.3) is 0 Å². The number of hydrogen-bond acceptors (Lipinski definition) is 4. The van der Waals surface area contributed by atoms with Gasteiger partial charge in [0.2, 0.25) is 11.8 Å². The molecule has 0 aromatic carbocycles. The molecule has 14 heavy (non-hydrogen) atoms. The van der Waals surface area contributed by atoms with Crippen molar-refractivity contribution >= 4 is 11.8 Å². The van der Waals surface area contributed by atoms with Crippen molar-refractivity contribution in [1.29, 1.82) is 0 Å². The molecule has 1 fully saturated rings. The molecule has 80 valence electrons. The third kappa shape index (κ3) is 2.21. The van der Waals surface area contributed by atoms with Gasteiger partial charge in [-0.1, -0.05) is 0 Å². The van der Waals surface area contributed by atoms with E-state index in [9.17, 15) is 9.59 Å². The summed E-state index contributed by atoms with van der Waals surface area (Å²) in [6.45, 7) is 2.17. The van der Waals surface area contributed by atoms with Crippen LogP contribution in [0.25, 0.3) is 0 Å². The summed E-state index contributed by atoms with van der Waals surface area (Å²) in [5.74, 6) is -0.970. The normalized spacial score (nSPS) is 28.4. The second-order valence-corrected chi connectivity index (χ2v) is 3.56. The Labute approximate surface area is 82.0 Å². The molecule has 1 aliphatic heterocycles. The number of ether oxygens (including phenoxy) is 1. The lowest BCUT2D eigenvalue weighted by atomic mass is 9.99. The number of carbonyl (C=O) groups excluding carboxylic acids is 2. The van der Waals surface area contributed by atoms with Crippen LogP contribution in [0.5, 0.6) is 0 Å². The van der Waals surface area contributed by atoms with Gasteiger partial charge in [0, 0.05) is 6.61 Å². The highest BCUT2D eigenvalue weighted by Crippen LogP contribution is 2.15. The van der Waals surface area contributed by atoms with Gasteiger partial charge in [-0.25, -0.2) is 0 Å². The molecule has 1 aliphatic rings. The Morgan fingerprint density at radius 3 is 2.64 bits per heavy atom. The van der Waals surface area contributed by atoms with Gasteiger partial charge in [-0.3, -0.25) is 9.59 Å². The summed E-state index contributed by atoms with van der Waals surface area (Å²) in [7, 11) is 0. The Kier molecular flexibility index (Phi) is 3.07. The number of rotatable bonds is 3. The molecular formula is C8H15N3O3. The Morgan fingerprint density at radius 2 is 2.21 bits per heavy atom. The van der Waals surface area contributed by atoms with Crippen molar-refractivity contribution in [3.05, 3.63) is 0 Å². The first-order valence-corrected chi connectivity index (χ1v) is 4.42. The molecule has 1 rings (SSSR count). The zero-order chi connectivity index (χ0) is 10.8. The van der Waals surface area contributed by atoms with Crippen LogP contribution in [0.4, 0.5) is 0 Å². The molecule has 0 aromatic heterocycles. The van der Waals surface area contributed by atoms with Crippen LogP contribution in [0, 0.1) is 0 Å². The zero-order valence-electron chi connectivity index (χ0n) is 8.08. The first-order chi connectivity index (χ1) is 6.46. The monoisotopic (exact) mass is 201 g/mol. The van der Waals surface area contributed by atoms with E-state index in [0.29, 0.717) is 13.0 Å². The summed E-state index contributed by atoms with van der Waals surface area (Å²) >= 11 is 0. The lowest BCUT2D eigenvalue weighted by molar-refractivity contribution is -0.130. The van der Waals surface area contributed by atoms with Crippen LogP contribution in [0.2, 0.25) is 0 Å². The fourth-order valence-corrected chi connectivity index (χ4v) is 1.17. The highest BCUT2D eigenvalue weighted by atomic mass is 16.5. The Balaban J connectivity index is 2.53. The quantitative estimate of drug-likeness (QED) is 0.495. The largest absolute Gasteiger partial charge is 0.379 e. The second-order valence-electron chi connectivity index (χ2n) is 3.56. The molecule has 2 atom stereocenters. The van der Waals surface area contributed by atoms with Crippen LogP contribution >= 0.6 is 0 Å². The molecule has 1 saturated heterocycles. The molecule has 0 spiro atoms. The third-order valence-corrected chi connectivity index (χ3v) is 2.28. The predicted octanol–water partition coefficient (Wildman–Crippen LogP) is -1.91. The van der Waals surface area contributed by atoms with Crippen molar-refractivity contribution in [3.63, 3.8) is 0 Å². The third-order valence-electron chi connectivity index (χ3n) is 2.28. The number of hydrogen-bond donors (Lipinski definition) is 3. The first kappa shape index (κ1) is 10.9. The van der Waals surface area contributed by atoms with E-state index >= 15 is 0 Å². The van der Waals surface area contributed by atoms with Crippen LogP contribution in [-0.2, 0) is 14.3 Å². The second kappa shape index (κ2) is 3.93. The Morgan fingerprint density at radius 1 is 1.57 bits per heavy atom. The molecule has 0 aromatic rings. The maximum atomic E-state index is 11.6. The van der Waals surface area contributed by atoms with Crippen LogP contribution in [0.3, 0.4) is 0 Å². The van der Waals surface area contributed by atoms with Gasteiger partial charge in [-0.05, 0) is 13.3 Å². The van der Waals surface area contributed by atoms with E-state index in [0.717, 1.165) is 0 Å². The van der Waals surface area contributed by atoms with Gasteiger partial charge in [0.1, 0.15) is 11.6 Å². The van der Waals surface area contributed by atoms with Gasteiger partial charge in [0.05, 0.1) is 6.61 Å². The zero-order valence-corrected chi connectivity index (χ0v) is 8.08. The van der Waals surface area contributed by atoms with Crippen molar-refractivity contribution in [2.75, 3.05) is 13.2 Å². The van der Waals surface area contributed by atoms with E-state index < -0.39 is 17.5 Å². The molecule has 0 saturated carbocycles. The summed E-state index contributed by atoms with van der Waals surface area (Å²) in [4.78, 5) is 22.2. The summed E-state index contributed by atoms with van der Waals surface area (Å²) in [6.07, 6.45) is 0.463. The van der Waals surface area contributed by atoms with E-state index in [1.807, 2.05) is 0 Å². The standard InChI is InChI=1S/C8H15N3O3/c1-5(6(9)12)11-7(13)8(10)2-3-14-4-8/h5H,2-4,10H2,1H3,(H2,9,12)(H,11,13)/t5-,8?/m1/s1. The molecular weight excluding hydrogens is 186 g/mol. The molecule has 6 nitrogen and oxygen atoms in total. The van der Waals surface area contributed by atoms with E-state index in [2.05, 4.69) is 5.32 Å². The fourth-order valence-electron chi connectivity index (χ4n) is 1.17. The van der Waals surface area contributed by atoms with Crippen molar-refractivity contribution in [3.8, 4) is 0 Å². The molecule has 0 bridgehead atoms. The van der Waals surface area contributed by atoms with Gasteiger partial charge < -0.3 is 21.5 Å². The molecule has 0 radical (unpaired) electrons. The average molecular weight is 201 g/mol. The number of primary amides is 1. The molecule has 5 N–H and O–H groups in total. The maximum Gasteiger partial charge on any atom is 0.243 e. The van der Waals surface area contributed by atoms with Crippen LogP contribution < -0.4 is 16.8 Å². The average Bonchev–Trinajstić information content (AvgIpc) is 2.53. The van der Waals surface area contributed by atoms with Crippen molar-refractivity contribution < 1.29 is 14.3 Å². The predicted molar refractivity (Wildman–Crippen MR) is 49.2 cm³/mol. The van der Waals surface area contributed by atoms with Crippen molar-refractivity contribution in [1.82, 2.24) is 5.32 Å². The smallest absolute Gasteiger partial charge is 0.243 e. The molecule has 1 unspecified atom stereocenters. The Hall–Kier alpha value is -1.14. The number of nitrogens with two attached hydrogens (primary N) is 2. The summed E-state index contributed by atoms with van der Waals surface area (Å²) in [6, 6.07) is -0.705. The number of nitrogens with one attached hydrogen (secondary N) is 1. The molecule has 1 heterocycles. The van der Waals surface area contributed by atoms with E-state index in [1.54, 1.807) is 0 Å². The highest BCUT2D eigenvalue weighted by molar-refractivity contribution is 5.91. The van der Waals surface area contributed by atoms with Gasteiger partial charge in [-0.15, -0.1) is 0 Å². The highest BCUT2D eigenvalue weighted by Gasteiger charge is 2.39. The van der Waals surface area contributed by atoms with E-state index in [1.165, 1.54) is 6.92 Å².